The summed E-state index contributed by atoms with van der Waals surface area (Å²) in [5, 5.41) is 3.75. The molecule has 0 saturated carbocycles. The largest absolute Gasteiger partial charge is 0.490 e. The molecule has 8 heteroatoms. The SMILES string of the molecule is CCOC(=O)NCCOc1cc(Cl)c(Oc2cccc(Cl)c2)cc1Cl. The molecule has 2 aromatic carbocycles. The molecule has 0 aliphatic carbocycles. The topological polar surface area (TPSA) is 56.8 Å². The normalized spacial score (nSPS) is 10.2. The maximum absolute atomic E-state index is 11.2. The van der Waals surface area contributed by atoms with Crippen molar-refractivity contribution in [3.63, 3.8) is 0 Å². The Kier molecular flexibility index (Phi) is 7.50. The van der Waals surface area contributed by atoms with Gasteiger partial charge in [-0.25, -0.2) is 4.79 Å². The first-order chi connectivity index (χ1) is 12.0. The number of alkyl carbamates (subject to hydrolysis) is 1. The van der Waals surface area contributed by atoms with Crippen molar-refractivity contribution in [1.82, 2.24) is 5.32 Å². The summed E-state index contributed by atoms with van der Waals surface area (Å²) < 4.78 is 15.9. The van der Waals surface area contributed by atoms with Gasteiger partial charge in [-0.05, 0) is 25.1 Å². The molecule has 1 N–H and O–H groups in total. The van der Waals surface area contributed by atoms with Crippen LogP contribution in [0.5, 0.6) is 17.2 Å². The minimum atomic E-state index is -0.500. The number of carbonyl (C=O) groups excluding carboxylic acids is 1. The van der Waals surface area contributed by atoms with Crippen molar-refractivity contribution in [3.05, 3.63) is 51.5 Å². The van der Waals surface area contributed by atoms with Crippen LogP contribution in [0.2, 0.25) is 15.1 Å². The van der Waals surface area contributed by atoms with Gasteiger partial charge in [-0.15, -0.1) is 0 Å². The van der Waals surface area contributed by atoms with Crippen molar-refractivity contribution in [2.45, 2.75) is 6.92 Å². The van der Waals surface area contributed by atoms with E-state index in [1.54, 1.807) is 43.3 Å². The lowest BCUT2D eigenvalue weighted by Gasteiger charge is -2.13. The van der Waals surface area contributed by atoms with Gasteiger partial charge in [0.15, 0.2) is 0 Å². The number of nitrogens with one attached hydrogen (secondary N) is 1. The quantitative estimate of drug-likeness (QED) is 0.613. The monoisotopic (exact) mass is 403 g/mol. The summed E-state index contributed by atoms with van der Waals surface area (Å²) in [4.78, 5) is 11.2. The third-order valence-electron chi connectivity index (χ3n) is 2.91. The van der Waals surface area contributed by atoms with Crippen LogP contribution in [0.1, 0.15) is 6.92 Å². The van der Waals surface area contributed by atoms with E-state index in [1.165, 1.54) is 0 Å². The van der Waals surface area contributed by atoms with E-state index >= 15 is 0 Å². The number of hydrogen-bond donors (Lipinski definition) is 1. The number of carbonyl (C=O) groups is 1. The second-order valence-corrected chi connectivity index (χ2v) is 6.02. The summed E-state index contributed by atoms with van der Waals surface area (Å²) >= 11 is 18.3. The smallest absolute Gasteiger partial charge is 0.407 e. The molecule has 25 heavy (non-hydrogen) atoms. The maximum atomic E-state index is 11.2. The molecular formula is C17H16Cl3NO4. The van der Waals surface area contributed by atoms with Crippen molar-refractivity contribution in [1.29, 1.82) is 0 Å². The molecule has 134 valence electrons. The van der Waals surface area contributed by atoms with Crippen molar-refractivity contribution < 1.29 is 19.0 Å². The molecule has 0 heterocycles. The molecule has 5 nitrogen and oxygen atoms in total. The Bertz CT molecular complexity index is 740. The molecular weight excluding hydrogens is 389 g/mol. The van der Waals surface area contributed by atoms with Gasteiger partial charge < -0.3 is 19.5 Å². The summed E-state index contributed by atoms with van der Waals surface area (Å²) in [6.45, 7) is 2.52. The molecule has 1 amide bonds. The molecule has 0 spiro atoms. The van der Waals surface area contributed by atoms with Crippen molar-refractivity contribution in [2.24, 2.45) is 0 Å². The van der Waals surface area contributed by atoms with E-state index < -0.39 is 6.09 Å². The zero-order chi connectivity index (χ0) is 18.2. The van der Waals surface area contributed by atoms with E-state index in [-0.39, 0.29) is 13.2 Å². The predicted molar refractivity (Wildman–Crippen MR) is 98.5 cm³/mol. The molecule has 0 radical (unpaired) electrons. The Morgan fingerprint density at radius 2 is 1.80 bits per heavy atom. The van der Waals surface area contributed by atoms with Gasteiger partial charge in [0.25, 0.3) is 0 Å². The lowest BCUT2D eigenvalue weighted by molar-refractivity contribution is 0.150. The van der Waals surface area contributed by atoms with E-state index in [1.807, 2.05) is 0 Å². The standard InChI is InChI=1S/C17H16Cl3NO4/c1-2-23-17(22)21-6-7-24-15-9-14(20)16(10-13(15)19)25-12-5-3-4-11(18)8-12/h3-5,8-10H,2,6-7H2,1H3,(H,21,22). The lowest BCUT2D eigenvalue weighted by Crippen LogP contribution is -2.28. The van der Waals surface area contributed by atoms with Gasteiger partial charge in [0.1, 0.15) is 23.9 Å². The Hall–Kier alpha value is -1.82. The van der Waals surface area contributed by atoms with Gasteiger partial charge in [0.05, 0.1) is 23.2 Å². The van der Waals surface area contributed by atoms with E-state index in [2.05, 4.69) is 5.32 Å². The van der Waals surface area contributed by atoms with Gasteiger partial charge in [0, 0.05) is 17.2 Å². The Morgan fingerprint density at radius 3 is 2.52 bits per heavy atom. The van der Waals surface area contributed by atoms with Crippen LogP contribution in [0.25, 0.3) is 0 Å². The summed E-state index contributed by atoms with van der Waals surface area (Å²) in [6.07, 6.45) is -0.500. The second-order valence-electron chi connectivity index (χ2n) is 4.77. The first-order valence-electron chi connectivity index (χ1n) is 7.45. The van der Waals surface area contributed by atoms with Crippen molar-refractivity contribution in [2.75, 3.05) is 19.8 Å². The molecule has 0 fully saturated rings. The summed E-state index contributed by atoms with van der Waals surface area (Å²) in [6, 6.07) is 10.0. The molecule has 0 saturated heterocycles. The third kappa shape index (κ3) is 6.20. The van der Waals surface area contributed by atoms with Crippen molar-refractivity contribution in [3.8, 4) is 17.2 Å². The number of ether oxygens (including phenoxy) is 3. The molecule has 2 aromatic rings. The highest BCUT2D eigenvalue weighted by atomic mass is 35.5. The lowest BCUT2D eigenvalue weighted by atomic mass is 10.3. The average Bonchev–Trinajstić information content (AvgIpc) is 2.56. The number of benzene rings is 2. The van der Waals surface area contributed by atoms with Gasteiger partial charge in [-0.3, -0.25) is 0 Å². The van der Waals surface area contributed by atoms with E-state index in [4.69, 9.17) is 49.0 Å². The fourth-order valence-corrected chi connectivity index (χ4v) is 2.43. The highest BCUT2D eigenvalue weighted by Gasteiger charge is 2.11. The minimum absolute atomic E-state index is 0.212. The van der Waals surface area contributed by atoms with Crippen LogP contribution in [0, 0.1) is 0 Å². The molecule has 0 unspecified atom stereocenters. The van der Waals surface area contributed by atoms with E-state index in [9.17, 15) is 4.79 Å². The fraction of sp³-hybridized carbons (Fsp3) is 0.235. The maximum Gasteiger partial charge on any atom is 0.407 e. The van der Waals surface area contributed by atoms with Crippen LogP contribution in [0.4, 0.5) is 4.79 Å². The molecule has 0 aliphatic rings. The Morgan fingerprint density at radius 1 is 1.08 bits per heavy atom. The predicted octanol–water partition coefficient (Wildman–Crippen LogP) is 5.56. The Balaban J connectivity index is 1.96. The number of rotatable bonds is 7. The van der Waals surface area contributed by atoms with Crippen LogP contribution < -0.4 is 14.8 Å². The first-order valence-corrected chi connectivity index (χ1v) is 8.59. The zero-order valence-corrected chi connectivity index (χ0v) is 15.6. The summed E-state index contributed by atoms with van der Waals surface area (Å²) in [5.74, 6) is 1.31. The zero-order valence-electron chi connectivity index (χ0n) is 13.4. The molecule has 0 aromatic heterocycles. The van der Waals surface area contributed by atoms with Crippen molar-refractivity contribution >= 4 is 40.9 Å². The van der Waals surface area contributed by atoms with Gasteiger partial charge in [-0.2, -0.15) is 0 Å². The van der Waals surface area contributed by atoms with Crippen LogP contribution in [0.15, 0.2) is 36.4 Å². The number of hydrogen-bond acceptors (Lipinski definition) is 4. The average molecular weight is 405 g/mol. The van der Waals surface area contributed by atoms with Gasteiger partial charge in [0.2, 0.25) is 0 Å². The highest BCUT2D eigenvalue weighted by Crippen LogP contribution is 2.38. The van der Waals surface area contributed by atoms with Gasteiger partial charge in [-0.1, -0.05) is 40.9 Å². The van der Waals surface area contributed by atoms with Gasteiger partial charge >= 0.3 is 6.09 Å². The van der Waals surface area contributed by atoms with Crippen LogP contribution in [-0.4, -0.2) is 25.9 Å². The first kappa shape index (κ1) is 19.5. The second kappa shape index (κ2) is 9.61. The third-order valence-corrected chi connectivity index (χ3v) is 3.74. The molecule has 0 atom stereocenters. The van der Waals surface area contributed by atoms with E-state index in [0.29, 0.717) is 38.9 Å². The molecule has 2 rings (SSSR count). The van der Waals surface area contributed by atoms with Crippen LogP contribution in [-0.2, 0) is 4.74 Å². The minimum Gasteiger partial charge on any atom is -0.490 e. The Labute approximate surface area is 160 Å². The summed E-state index contributed by atoms with van der Waals surface area (Å²) in [7, 11) is 0. The summed E-state index contributed by atoms with van der Waals surface area (Å²) in [5.41, 5.74) is 0. The number of halogens is 3. The van der Waals surface area contributed by atoms with Crippen LogP contribution in [0.3, 0.4) is 0 Å². The highest BCUT2D eigenvalue weighted by molar-refractivity contribution is 6.35. The van der Waals surface area contributed by atoms with Crippen LogP contribution >= 0.6 is 34.8 Å². The molecule has 0 bridgehead atoms. The fourth-order valence-electron chi connectivity index (χ4n) is 1.85. The van der Waals surface area contributed by atoms with E-state index in [0.717, 1.165) is 0 Å². The number of amides is 1. The molecule has 0 aliphatic heterocycles.